The standard InChI is InChI=1S/C22H15N4O/c27-22-25-23-21(24-26-22)15-11-9-14(10-12-15)20-18-7-3-1-5-16(18)13-17-6-2-4-8-19(17)20/h1-13H,(H2,25,26,27). The van der Waals surface area contributed by atoms with Gasteiger partial charge in [0, 0.05) is 5.56 Å². The van der Waals surface area contributed by atoms with E-state index in [0.717, 1.165) is 11.1 Å². The Morgan fingerprint density at radius 2 is 1.26 bits per heavy atom. The van der Waals surface area contributed by atoms with Gasteiger partial charge >= 0.3 is 6.03 Å². The third-order valence-electron chi connectivity index (χ3n) is 4.73. The summed E-state index contributed by atoms with van der Waals surface area (Å²) in [5, 5.41) is 8.84. The van der Waals surface area contributed by atoms with Crippen LogP contribution in [0, 0.1) is 0 Å². The molecule has 0 spiro atoms. The Balaban J connectivity index is 1.67. The Bertz CT molecular complexity index is 1160. The molecule has 27 heavy (non-hydrogen) atoms. The number of nitrogens with one attached hydrogen (secondary N) is 2. The van der Waals surface area contributed by atoms with Crippen molar-refractivity contribution in [2.45, 2.75) is 0 Å². The van der Waals surface area contributed by atoms with Crippen LogP contribution < -0.4 is 16.3 Å². The third-order valence-corrected chi connectivity index (χ3v) is 4.73. The van der Waals surface area contributed by atoms with Crippen LogP contribution in [0.5, 0.6) is 0 Å². The van der Waals surface area contributed by atoms with Crippen molar-refractivity contribution in [3.63, 3.8) is 0 Å². The van der Waals surface area contributed by atoms with Gasteiger partial charge in [0.25, 0.3) is 0 Å². The molecule has 129 valence electrons. The Morgan fingerprint density at radius 3 is 1.85 bits per heavy atom. The molecule has 1 aliphatic heterocycles. The lowest BCUT2D eigenvalue weighted by Gasteiger charge is -2.14. The molecule has 0 aliphatic carbocycles. The van der Waals surface area contributed by atoms with E-state index in [2.05, 4.69) is 88.1 Å². The predicted octanol–water partition coefficient (Wildman–Crippen LogP) is 4.15. The fourth-order valence-electron chi connectivity index (χ4n) is 3.50. The van der Waals surface area contributed by atoms with Gasteiger partial charge in [0.05, 0.1) is 0 Å². The minimum Gasteiger partial charge on any atom is -0.245 e. The second kappa shape index (κ2) is 6.14. The number of fused-ring (bicyclic) bond motifs is 2. The van der Waals surface area contributed by atoms with Crippen molar-refractivity contribution in [1.29, 1.82) is 0 Å². The first kappa shape index (κ1) is 15.4. The van der Waals surface area contributed by atoms with Gasteiger partial charge in [-0.1, -0.05) is 72.8 Å². The van der Waals surface area contributed by atoms with Crippen molar-refractivity contribution < 1.29 is 4.79 Å². The second-order valence-corrected chi connectivity index (χ2v) is 6.37. The Kier molecular flexibility index (Phi) is 3.50. The van der Waals surface area contributed by atoms with E-state index in [4.69, 9.17) is 0 Å². The summed E-state index contributed by atoms with van der Waals surface area (Å²) >= 11 is 0. The average Bonchev–Trinajstić information content (AvgIpc) is 2.73. The number of hydrazone groups is 1. The van der Waals surface area contributed by atoms with Crippen molar-refractivity contribution in [2.24, 2.45) is 5.10 Å². The van der Waals surface area contributed by atoms with Crippen LogP contribution in [0.3, 0.4) is 0 Å². The molecule has 0 saturated heterocycles. The fourth-order valence-corrected chi connectivity index (χ4v) is 3.50. The van der Waals surface area contributed by atoms with Crippen LogP contribution in [0.4, 0.5) is 4.79 Å². The normalized spacial score (nSPS) is 13.6. The molecule has 1 heterocycles. The number of amides is 2. The Labute approximate surface area is 155 Å². The van der Waals surface area contributed by atoms with Crippen molar-refractivity contribution in [3.05, 3.63) is 84.4 Å². The topological polar surface area (TPSA) is 67.6 Å². The van der Waals surface area contributed by atoms with Gasteiger partial charge < -0.3 is 0 Å². The van der Waals surface area contributed by atoms with E-state index in [-0.39, 0.29) is 0 Å². The number of benzene rings is 4. The number of rotatable bonds is 2. The average molecular weight is 351 g/mol. The first-order valence-corrected chi connectivity index (χ1v) is 8.65. The van der Waals surface area contributed by atoms with Gasteiger partial charge in [-0.05, 0) is 38.7 Å². The Morgan fingerprint density at radius 1 is 0.667 bits per heavy atom. The van der Waals surface area contributed by atoms with Gasteiger partial charge in [0.2, 0.25) is 0 Å². The van der Waals surface area contributed by atoms with Crippen LogP contribution in [-0.4, -0.2) is 11.9 Å². The van der Waals surface area contributed by atoms with Crippen LogP contribution >= 0.6 is 0 Å². The molecule has 1 radical (unpaired) electrons. The first-order valence-electron chi connectivity index (χ1n) is 8.65. The van der Waals surface area contributed by atoms with Gasteiger partial charge in [-0.2, -0.15) is 0 Å². The molecule has 0 fully saturated rings. The SMILES string of the molecule is O=C1N[N]C(c2ccc(-c3c4ccccc4cc4ccccc34)cc2)=NN1. The monoisotopic (exact) mass is 351 g/mol. The van der Waals surface area contributed by atoms with Gasteiger partial charge in [-0.3, -0.25) is 0 Å². The molecule has 4 aromatic carbocycles. The zero-order valence-electron chi connectivity index (χ0n) is 14.3. The molecule has 2 N–H and O–H groups in total. The van der Waals surface area contributed by atoms with Crippen molar-refractivity contribution in [2.75, 3.05) is 0 Å². The molecule has 4 aromatic rings. The highest BCUT2D eigenvalue weighted by molar-refractivity contribution is 6.13. The van der Waals surface area contributed by atoms with Gasteiger partial charge in [0.1, 0.15) is 0 Å². The Hall–Kier alpha value is -3.86. The molecule has 0 atom stereocenters. The summed E-state index contributed by atoms with van der Waals surface area (Å²) < 4.78 is 0. The van der Waals surface area contributed by atoms with Crippen molar-refractivity contribution in [1.82, 2.24) is 16.3 Å². The molecular weight excluding hydrogens is 336 g/mol. The predicted molar refractivity (Wildman–Crippen MR) is 107 cm³/mol. The molecule has 5 heteroatoms. The first-order chi connectivity index (χ1) is 13.3. The number of hydrogen-bond donors (Lipinski definition) is 2. The third kappa shape index (κ3) is 2.66. The number of carbonyl (C=O) groups excluding carboxylic acids is 1. The number of amidine groups is 1. The maximum Gasteiger partial charge on any atom is 0.355 e. The van der Waals surface area contributed by atoms with Crippen LogP contribution in [0.15, 0.2) is 84.0 Å². The largest absolute Gasteiger partial charge is 0.355 e. The maximum atomic E-state index is 11.1. The van der Waals surface area contributed by atoms with E-state index in [1.165, 1.54) is 27.1 Å². The van der Waals surface area contributed by atoms with Gasteiger partial charge in [-0.25, -0.2) is 15.6 Å². The van der Waals surface area contributed by atoms with Crippen LogP contribution in [0.25, 0.3) is 32.7 Å². The highest BCUT2D eigenvalue weighted by Crippen LogP contribution is 2.36. The lowest BCUT2D eigenvalue weighted by Crippen LogP contribution is -2.46. The summed E-state index contributed by atoms with van der Waals surface area (Å²) in [7, 11) is 0. The number of urea groups is 1. The lowest BCUT2D eigenvalue weighted by molar-refractivity contribution is 0.237. The summed E-state index contributed by atoms with van der Waals surface area (Å²) in [6, 6.07) is 26.7. The van der Waals surface area contributed by atoms with E-state index in [1.807, 2.05) is 12.1 Å². The number of nitrogens with zero attached hydrogens (tertiary/aromatic N) is 2. The molecule has 0 unspecified atom stereocenters. The van der Waals surface area contributed by atoms with Gasteiger partial charge in [0.15, 0.2) is 5.84 Å². The summed E-state index contributed by atoms with van der Waals surface area (Å²) in [4.78, 5) is 11.1. The smallest absolute Gasteiger partial charge is 0.245 e. The quantitative estimate of drug-likeness (QED) is 0.523. The van der Waals surface area contributed by atoms with E-state index >= 15 is 0 Å². The second-order valence-electron chi connectivity index (χ2n) is 6.37. The molecule has 0 aromatic heterocycles. The summed E-state index contributed by atoms with van der Waals surface area (Å²) in [6.45, 7) is 0. The van der Waals surface area contributed by atoms with Crippen molar-refractivity contribution >= 4 is 33.4 Å². The number of carbonyl (C=O) groups is 1. The zero-order valence-corrected chi connectivity index (χ0v) is 14.3. The van der Waals surface area contributed by atoms with Crippen LogP contribution in [0.2, 0.25) is 0 Å². The zero-order chi connectivity index (χ0) is 18.2. The maximum absolute atomic E-state index is 11.1. The molecule has 1 aliphatic rings. The van der Waals surface area contributed by atoms with Crippen LogP contribution in [-0.2, 0) is 0 Å². The molecule has 5 nitrogen and oxygen atoms in total. The highest BCUT2D eigenvalue weighted by atomic mass is 16.2. The van der Waals surface area contributed by atoms with E-state index in [9.17, 15) is 4.79 Å². The van der Waals surface area contributed by atoms with Gasteiger partial charge in [-0.15, -0.1) is 10.5 Å². The van der Waals surface area contributed by atoms with Crippen molar-refractivity contribution in [3.8, 4) is 11.1 Å². The number of hydrogen-bond acceptors (Lipinski definition) is 2. The molecule has 5 rings (SSSR count). The minimum absolute atomic E-state index is 0.433. The summed E-state index contributed by atoms with van der Waals surface area (Å²) in [5.41, 5.74) is 11.9. The fraction of sp³-hybridized carbons (Fsp3) is 0. The minimum atomic E-state index is -0.433. The van der Waals surface area contributed by atoms with E-state index < -0.39 is 6.03 Å². The molecule has 0 bridgehead atoms. The van der Waals surface area contributed by atoms with E-state index in [0.29, 0.717) is 5.84 Å². The molecular formula is C22H15N4O. The van der Waals surface area contributed by atoms with Crippen LogP contribution in [0.1, 0.15) is 5.56 Å². The summed E-state index contributed by atoms with van der Waals surface area (Å²) in [6.07, 6.45) is 0. The summed E-state index contributed by atoms with van der Waals surface area (Å²) in [5.74, 6) is 0.448. The highest BCUT2D eigenvalue weighted by Gasteiger charge is 2.14. The molecule has 2 amide bonds. The lowest BCUT2D eigenvalue weighted by atomic mass is 9.92. The molecule has 0 saturated carbocycles. The van der Waals surface area contributed by atoms with E-state index in [1.54, 1.807) is 0 Å².